The Labute approximate surface area is 106 Å². The molecule has 0 spiro atoms. The molecule has 18 heavy (non-hydrogen) atoms. The van der Waals surface area contributed by atoms with Crippen LogP contribution in [0, 0.1) is 0 Å². The molecule has 0 atom stereocenters. The zero-order valence-electron chi connectivity index (χ0n) is 10.3. The molecule has 0 saturated heterocycles. The average molecular weight is 250 g/mol. The van der Waals surface area contributed by atoms with Crippen LogP contribution in [0.2, 0.25) is 0 Å². The molecule has 0 saturated carbocycles. The maximum absolute atomic E-state index is 9.64. The second kappa shape index (κ2) is 7.48. The van der Waals surface area contributed by atoms with E-state index in [1.807, 2.05) is 0 Å². The molecule has 1 aliphatic carbocycles. The van der Waals surface area contributed by atoms with Gasteiger partial charge in [-0.25, -0.2) is 0 Å². The summed E-state index contributed by atoms with van der Waals surface area (Å²) in [5.41, 5.74) is 3.16. The summed E-state index contributed by atoms with van der Waals surface area (Å²) in [7, 11) is 0. The molecular formula is C14H18O4. The summed E-state index contributed by atoms with van der Waals surface area (Å²) in [6, 6.07) is 8.80. The van der Waals surface area contributed by atoms with Gasteiger partial charge in [0.05, 0.1) is 12.8 Å². The largest absolute Gasteiger partial charge is 0.481 e. The van der Waals surface area contributed by atoms with Crippen LogP contribution in [0.3, 0.4) is 0 Å². The van der Waals surface area contributed by atoms with Crippen molar-refractivity contribution in [1.82, 2.24) is 0 Å². The SMILES string of the molecule is O=C(O)CCC(=O)O.c1ccc2c(c1)CCCC2. The lowest BCUT2D eigenvalue weighted by molar-refractivity contribution is -0.143. The number of aryl methyl sites for hydroxylation is 2. The summed E-state index contributed by atoms with van der Waals surface area (Å²) in [4.78, 5) is 19.3. The first-order valence-electron chi connectivity index (χ1n) is 6.10. The van der Waals surface area contributed by atoms with Gasteiger partial charge < -0.3 is 10.2 Å². The highest BCUT2D eigenvalue weighted by Crippen LogP contribution is 2.19. The van der Waals surface area contributed by atoms with E-state index in [9.17, 15) is 9.59 Å². The van der Waals surface area contributed by atoms with Crippen LogP contribution in [0.15, 0.2) is 24.3 Å². The highest BCUT2D eigenvalue weighted by molar-refractivity contribution is 5.75. The molecule has 0 aliphatic heterocycles. The van der Waals surface area contributed by atoms with Crippen LogP contribution >= 0.6 is 0 Å². The number of carbonyl (C=O) groups is 2. The van der Waals surface area contributed by atoms with Gasteiger partial charge in [0, 0.05) is 0 Å². The molecule has 0 unspecified atom stereocenters. The third-order valence-corrected chi connectivity index (χ3v) is 2.81. The number of hydrogen-bond acceptors (Lipinski definition) is 2. The van der Waals surface area contributed by atoms with Gasteiger partial charge in [-0.05, 0) is 36.8 Å². The first-order chi connectivity index (χ1) is 8.59. The van der Waals surface area contributed by atoms with Gasteiger partial charge in [-0.3, -0.25) is 9.59 Å². The average Bonchev–Trinajstić information content (AvgIpc) is 2.37. The minimum Gasteiger partial charge on any atom is -0.481 e. The van der Waals surface area contributed by atoms with Crippen molar-refractivity contribution in [1.29, 1.82) is 0 Å². The molecule has 0 aromatic heterocycles. The van der Waals surface area contributed by atoms with Crippen molar-refractivity contribution in [3.8, 4) is 0 Å². The number of benzene rings is 1. The molecular weight excluding hydrogens is 232 g/mol. The number of carboxylic acid groups (broad SMARTS) is 2. The minimum atomic E-state index is -1.08. The fourth-order valence-corrected chi connectivity index (χ4v) is 1.89. The van der Waals surface area contributed by atoms with E-state index < -0.39 is 11.9 Å². The molecule has 0 fully saturated rings. The predicted octanol–water partition coefficient (Wildman–Crippen LogP) is 2.50. The lowest BCUT2D eigenvalue weighted by Gasteiger charge is -2.13. The van der Waals surface area contributed by atoms with E-state index in [1.54, 1.807) is 11.1 Å². The molecule has 0 radical (unpaired) electrons. The van der Waals surface area contributed by atoms with Crippen molar-refractivity contribution in [2.75, 3.05) is 0 Å². The Bertz CT molecular complexity index is 373. The predicted molar refractivity (Wildman–Crippen MR) is 67.6 cm³/mol. The number of aliphatic carboxylic acids is 2. The van der Waals surface area contributed by atoms with Crippen LogP contribution in [0.1, 0.15) is 36.8 Å². The van der Waals surface area contributed by atoms with Crippen LogP contribution in [0.4, 0.5) is 0 Å². The summed E-state index contributed by atoms with van der Waals surface area (Å²) >= 11 is 0. The molecule has 0 bridgehead atoms. The van der Waals surface area contributed by atoms with Crippen molar-refractivity contribution in [2.24, 2.45) is 0 Å². The van der Waals surface area contributed by atoms with Crippen LogP contribution < -0.4 is 0 Å². The molecule has 4 nitrogen and oxygen atoms in total. The minimum absolute atomic E-state index is 0.296. The fourth-order valence-electron chi connectivity index (χ4n) is 1.89. The first-order valence-corrected chi connectivity index (χ1v) is 6.10. The van der Waals surface area contributed by atoms with Crippen LogP contribution in [0.25, 0.3) is 0 Å². The molecule has 1 aromatic carbocycles. The van der Waals surface area contributed by atoms with E-state index in [-0.39, 0.29) is 12.8 Å². The lowest BCUT2D eigenvalue weighted by Crippen LogP contribution is -2.00. The van der Waals surface area contributed by atoms with E-state index in [4.69, 9.17) is 10.2 Å². The quantitative estimate of drug-likeness (QED) is 0.864. The highest BCUT2D eigenvalue weighted by Gasteiger charge is 2.06. The third-order valence-electron chi connectivity index (χ3n) is 2.81. The molecule has 4 heteroatoms. The molecule has 2 N–H and O–H groups in total. The zero-order chi connectivity index (χ0) is 13.4. The van der Waals surface area contributed by atoms with Crippen LogP contribution in [-0.2, 0) is 22.4 Å². The van der Waals surface area contributed by atoms with Gasteiger partial charge in [0.25, 0.3) is 0 Å². The molecule has 0 heterocycles. The van der Waals surface area contributed by atoms with Gasteiger partial charge in [0.15, 0.2) is 0 Å². The fraction of sp³-hybridized carbons (Fsp3) is 0.429. The Morgan fingerprint density at radius 2 is 1.28 bits per heavy atom. The van der Waals surface area contributed by atoms with Gasteiger partial charge >= 0.3 is 11.9 Å². The van der Waals surface area contributed by atoms with E-state index in [0.29, 0.717) is 0 Å². The van der Waals surface area contributed by atoms with Crippen molar-refractivity contribution in [3.63, 3.8) is 0 Å². The molecule has 1 aliphatic rings. The van der Waals surface area contributed by atoms with Crippen molar-refractivity contribution in [2.45, 2.75) is 38.5 Å². The first kappa shape index (κ1) is 14.2. The smallest absolute Gasteiger partial charge is 0.303 e. The summed E-state index contributed by atoms with van der Waals surface area (Å²) in [5, 5.41) is 15.8. The van der Waals surface area contributed by atoms with Gasteiger partial charge in [-0.2, -0.15) is 0 Å². The van der Waals surface area contributed by atoms with Crippen LogP contribution in [-0.4, -0.2) is 22.2 Å². The second-order valence-corrected chi connectivity index (χ2v) is 4.26. The van der Waals surface area contributed by atoms with E-state index >= 15 is 0 Å². The number of rotatable bonds is 3. The molecule has 98 valence electrons. The molecule has 0 amide bonds. The van der Waals surface area contributed by atoms with Gasteiger partial charge in [0.1, 0.15) is 0 Å². The third kappa shape index (κ3) is 5.48. The van der Waals surface area contributed by atoms with Crippen molar-refractivity contribution in [3.05, 3.63) is 35.4 Å². The highest BCUT2D eigenvalue weighted by atomic mass is 16.4. The Hall–Kier alpha value is -1.84. The normalized spacial score (nSPS) is 12.9. The van der Waals surface area contributed by atoms with Gasteiger partial charge in [-0.1, -0.05) is 24.3 Å². The summed E-state index contributed by atoms with van der Waals surface area (Å²) < 4.78 is 0. The summed E-state index contributed by atoms with van der Waals surface area (Å²) in [5.74, 6) is -2.15. The Morgan fingerprint density at radius 1 is 0.889 bits per heavy atom. The Kier molecular flexibility index (Phi) is 5.91. The summed E-state index contributed by atoms with van der Waals surface area (Å²) in [6.45, 7) is 0. The van der Waals surface area contributed by atoms with E-state index in [0.717, 1.165) is 0 Å². The topological polar surface area (TPSA) is 74.6 Å². The zero-order valence-corrected chi connectivity index (χ0v) is 10.3. The monoisotopic (exact) mass is 250 g/mol. The maximum Gasteiger partial charge on any atom is 0.303 e. The van der Waals surface area contributed by atoms with Gasteiger partial charge in [-0.15, -0.1) is 0 Å². The second-order valence-electron chi connectivity index (χ2n) is 4.26. The van der Waals surface area contributed by atoms with Crippen LogP contribution in [0.5, 0.6) is 0 Å². The molecule has 2 rings (SSSR count). The van der Waals surface area contributed by atoms with E-state index in [1.165, 1.54) is 25.7 Å². The number of carboxylic acids is 2. The van der Waals surface area contributed by atoms with Crippen molar-refractivity contribution >= 4 is 11.9 Å². The lowest BCUT2D eigenvalue weighted by atomic mass is 9.92. The maximum atomic E-state index is 9.64. The Balaban J connectivity index is 0.000000187. The van der Waals surface area contributed by atoms with Gasteiger partial charge in [0.2, 0.25) is 0 Å². The number of hydrogen-bond donors (Lipinski definition) is 2. The van der Waals surface area contributed by atoms with Crippen molar-refractivity contribution < 1.29 is 19.8 Å². The van der Waals surface area contributed by atoms with E-state index in [2.05, 4.69) is 24.3 Å². The standard InChI is InChI=1S/C10H12.C4H6O4/c1-2-6-10-8-4-3-7-9(10)5-1;5-3(6)1-2-4(7)8/h1-2,5-6H,3-4,7-8H2;1-2H2,(H,5,6)(H,7,8). The number of fused-ring (bicyclic) bond motifs is 1. The molecule has 1 aromatic rings. The Morgan fingerprint density at radius 3 is 1.61 bits per heavy atom. The summed E-state index contributed by atoms with van der Waals surface area (Å²) in [6.07, 6.45) is 4.78.